The van der Waals surface area contributed by atoms with Gasteiger partial charge >= 0.3 is 5.97 Å². The second-order valence-corrected chi connectivity index (χ2v) is 12.0. The fourth-order valence-corrected chi connectivity index (χ4v) is 9.18. The van der Waals surface area contributed by atoms with Crippen LogP contribution in [0.5, 0.6) is 0 Å². The van der Waals surface area contributed by atoms with E-state index < -0.39 is 0 Å². The van der Waals surface area contributed by atoms with Gasteiger partial charge in [0.05, 0.1) is 6.10 Å². The maximum Gasteiger partial charge on any atom is 0.302 e. The van der Waals surface area contributed by atoms with Crippen molar-refractivity contribution in [3.05, 3.63) is 0 Å². The minimum atomic E-state index is -0.113. The monoisotopic (exact) mass is 432 g/mol. The smallest absolute Gasteiger partial charge is 0.302 e. The van der Waals surface area contributed by atoms with E-state index in [0.717, 1.165) is 44.1 Å². The molecule has 6 fully saturated rings. The Balaban J connectivity index is 1.19. The minimum absolute atomic E-state index is 0.0206. The first kappa shape index (κ1) is 20.9. The van der Waals surface area contributed by atoms with Crippen LogP contribution in [-0.4, -0.2) is 42.8 Å². The number of rotatable bonds is 3. The lowest BCUT2D eigenvalue weighted by Gasteiger charge is -2.59. The molecule has 0 N–H and O–H groups in total. The average molecular weight is 433 g/mol. The van der Waals surface area contributed by atoms with Gasteiger partial charge in [0.2, 0.25) is 0 Å². The van der Waals surface area contributed by atoms with Gasteiger partial charge in [-0.1, -0.05) is 13.8 Å². The van der Waals surface area contributed by atoms with E-state index in [2.05, 4.69) is 13.8 Å². The molecule has 4 saturated carbocycles. The molecular weight excluding hydrogens is 392 g/mol. The highest BCUT2D eigenvalue weighted by Gasteiger charge is 2.76. The minimum Gasteiger partial charge on any atom is -0.462 e. The molecule has 5 heteroatoms. The van der Waals surface area contributed by atoms with Gasteiger partial charge in [-0.05, 0) is 88.4 Å². The predicted octanol–water partition coefficient (Wildman–Crippen LogP) is 5.00. The molecule has 174 valence electrons. The summed E-state index contributed by atoms with van der Waals surface area (Å²) in [5.41, 5.74) is 0.457. The lowest BCUT2D eigenvalue weighted by molar-refractivity contribution is -0.201. The number of ether oxygens (including phenoxy) is 4. The normalized spacial score (nSPS) is 55.4. The Kier molecular flexibility index (Phi) is 4.84. The van der Waals surface area contributed by atoms with E-state index in [4.69, 9.17) is 18.9 Å². The summed E-state index contributed by atoms with van der Waals surface area (Å²) >= 11 is 0. The summed E-state index contributed by atoms with van der Waals surface area (Å²) in [5.74, 6) is 2.05. The molecule has 2 aliphatic heterocycles. The summed E-state index contributed by atoms with van der Waals surface area (Å²) in [6.07, 6.45) is 13.4. The van der Waals surface area contributed by atoms with Gasteiger partial charge in [0.25, 0.3) is 0 Å². The van der Waals surface area contributed by atoms with Crippen molar-refractivity contribution in [2.24, 2.45) is 28.6 Å². The van der Waals surface area contributed by atoms with Crippen LogP contribution in [-0.2, 0) is 23.7 Å². The van der Waals surface area contributed by atoms with Crippen LogP contribution in [0.1, 0.15) is 91.4 Å². The second-order valence-electron chi connectivity index (χ2n) is 12.0. The third-order valence-electron chi connectivity index (χ3n) is 10.8. The highest BCUT2D eigenvalue weighted by atomic mass is 16.7. The zero-order chi connectivity index (χ0) is 21.4. The van der Waals surface area contributed by atoms with E-state index in [1.165, 1.54) is 44.9 Å². The van der Waals surface area contributed by atoms with Gasteiger partial charge in [-0.3, -0.25) is 4.79 Å². The number of esters is 1. The summed E-state index contributed by atoms with van der Waals surface area (Å²) in [6, 6.07) is 0. The molecule has 0 amide bonds. The van der Waals surface area contributed by atoms with E-state index >= 15 is 0 Å². The van der Waals surface area contributed by atoms with Crippen LogP contribution < -0.4 is 0 Å². The number of hydrogen-bond donors (Lipinski definition) is 0. The maximum atomic E-state index is 11.7. The van der Waals surface area contributed by atoms with Crippen molar-refractivity contribution in [1.82, 2.24) is 0 Å². The number of hydrogen-bond acceptors (Lipinski definition) is 5. The average Bonchev–Trinajstić information content (AvgIpc) is 3.41. The molecule has 0 radical (unpaired) electrons. The van der Waals surface area contributed by atoms with Crippen LogP contribution in [0.4, 0.5) is 0 Å². The molecule has 5 nitrogen and oxygen atoms in total. The van der Waals surface area contributed by atoms with Crippen LogP contribution in [0.15, 0.2) is 0 Å². The number of carbonyl (C=O) groups is 1. The van der Waals surface area contributed by atoms with Crippen molar-refractivity contribution >= 4 is 5.97 Å². The first-order chi connectivity index (χ1) is 14.9. The van der Waals surface area contributed by atoms with Crippen molar-refractivity contribution in [3.8, 4) is 0 Å². The molecule has 0 aromatic heterocycles. The Morgan fingerprint density at radius 2 is 1.81 bits per heavy atom. The maximum absolute atomic E-state index is 11.7. The molecule has 0 aromatic carbocycles. The Morgan fingerprint density at radius 1 is 0.935 bits per heavy atom. The Bertz CT molecular complexity index is 733. The Labute approximate surface area is 186 Å². The predicted molar refractivity (Wildman–Crippen MR) is 115 cm³/mol. The third-order valence-corrected chi connectivity index (χ3v) is 10.8. The summed E-state index contributed by atoms with van der Waals surface area (Å²) in [4.78, 5) is 11.7. The highest BCUT2D eigenvalue weighted by molar-refractivity contribution is 5.66. The molecule has 10 atom stereocenters. The molecule has 1 spiro atoms. The van der Waals surface area contributed by atoms with E-state index in [9.17, 15) is 4.79 Å². The van der Waals surface area contributed by atoms with Gasteiger partial charge in [-0.25, -0.2) is 0 Å². The zero-order valence-corrected chi connectivity index (χ0v) is 19.6. The van der Waals surface area contributed by atoms with Crippen LogP contribution in [0.3, 0.4) is 0 Å². The highest BCUT2D eigenvalue weighted by Crippen LogP contribution is 2.73. The van der Waals surface area contributed by atoms with Crippen molar-refractivity contribution < 1.29 is 23.7 Å². The number of fused-ring (bicyclic) bond motifs is 4. The molecule has 0 bridgehead atoms. The topological polar surface area (TPSA) is 57.3 Å². The van der Waals surface area contributed by atoms with Crippen LogP contribution >= 0.6 is 0 Å². The van der Waals surface area contributed by atoms with Gasteiger partial charge in [0.1, 0.15) is 17.8 Å². The molecule has 2 saturated heterocycles. The molecule has 4 aliphatic carbocycles. The molecule has 3 unspecified atom stereocenters. The van der Waals surface area contributed by atoms with Crippen LogP contribution in [0, 0.1) is 28.6 Å². The van der Waals surface area contributed by atoms with E-state index in [0.29, 0.717) is 5.92 Å². The summed E-state index contributed by atoms with van der Waals surface area (Å²) in [6.45, 7) is 7.35. The van der Waals surface area contributed by atoms with Crippen LogP contribution in [0.25, 0.3) is 0 Å². The third kappa shape index (κ3) is 2.94. The fraction of sp³-hybridized carbons (Fsp3) is 0.962. The summed E-state index contributed by atoms with van der Waals surface area (Å²) in [5, 5.41) is 0. The van der Waals surface area contributed by atoms with Crippen molar-refractivity contribution in [3.63, 3.8) is 0 Å². The van der Waals surface area contributed by atoms with E-state index in [-0.39, 0.29) is 47.0 Å². The Hall–Kier alpha value is -0.650. The second kappa shape index (κ2) is 7.17. The summed E-state index contributed by atoms with van der Waals surface area (Å²) in [7, 11) is 0. The molecule has 0 aromatic rings. The fourth-order valence-electron chi connectivity index (χ4n) is 9.18. The molecule has 6 aliphatic rings. The lowest BCUT2D eigenvalue weighted by atomic mass is 9.45. The van der Waals surface area contributed by atoms with Gasteiger partial charge in [-0.2, -0.15) is 0 Å². The molecule has 2 heterocycles. The number of carbonyl (C=O) groups excluding carboxylic acids is 1. The zero-order valence-electron chi connectivity index (χ0n) is 19.6. The van der Waals surface area contributed by atoms with Crippen molar-refractivity contribution in [2.45, 2.75) is 122 Å². The van der Waals surface area contributed by atoms with E-state index in [1.54, 1.807) is 6.92 Å². The molecular formula is C26H40O5. The van der Waals surface area contributed by atoms with Gasteiger partial charge in [-0.15, -0.1) is 0 Å². The quantitative estimate of drug-likeness (QED) is 0.357. The first-order valence-electron chi connectivity index (χ1n) is 13.0. The molecule has 31 heavy (non-hydrogen) atoms. The first-order valence-corrected chi connectivity index (χ1v) is 13.0. The van der Waals surface area contributed by atoms with Crippen LogP contribution in [0.2, 0.25) is 0 Å². The van der Waals surface area contributed by atoms with Gasteiger partial charge in [0, 0.05) is 24.4 Å². The largest absolute Gasteiger partial charge is 0.462 e. The van der Waals surface area contributed by atoms with E-state index in [1.807, 2.05) is 0 Å². The molecule has 6 rings (SSSR count). The number of epoxide rings is 1. The van der Waals surface area contributed by atoms with Gasteiger partial charge < -0.3 is 18.9 Å². The lowest BCUT2D eigenvalue weighted by Crippen LogP contribution is -2.59. The SMILES string of the molecule is CC(=O)O[C@H]1CC[C@H]2[C@@H]3CCC45OC4[C@@H](OC4CCCCO4)CC[C@]5(C)[C@H]3CC[C@]12C. The van der Waals surface area contributed by atoms with Crippen molar-refractivity contribution in [2.75, 3.05) is 6.61 Å². The van der Waals surface area contributed by atoms with Gasteiger partial charge in [0.15, 0.2) is 6.29 Å². The summed E-state index contributed by atoms with van der Waals surface area (Å²) < 4.78 is 24.8. The Morgan fingerprint density at radius 3 is 2.58 bits per heavy atom. The standard InChI is InChI=1S/C26H40O5/c1-16(27)29-21-8-7-18-17-9-14-26-23(31-26)20(30-22-6-4-5-15-28-22)11-13-25(26,3)19(17)10-12-24(18,21)2/h17-23H,4-15H2,1-3H3/t17-,18-,19-,20-,21-,22?,23?,24-,25+,26?/m0/s1. The van der Waals surface area contributed by atoms with Crippen molar-refractivity contribution in [1.29, 1.82) is 0 Å².